The van der Waals surface area contributed by atoms with E-state index in [2.05, 4.69) is 0 Å². The fourth-order valence-electron chi connectivity index (χ4n) is 5.21. The molecule has 0 N–H and O–H groups in total. The van der Waals surface area contributed by atoms with Crippen LogP contribution >= 0.6 is 11.6 Å². The van der Waals surface area contributed by atoms with E-state index in [1.807, 2.05) is 61.5 Å². The second-order valence-electron chi connectivity index (χ2n) is 7.65. The van der Waals surface area contributed by atoms with Crippen molar-refractivity contribution in [3.8, 4) is 0 Å². The van der Waals surface area contributed by atoms with Gasteiger partial charge in [0.25, 0.3) is 0 Å². The summed E-state index contributed by atoms with van der Waals surface area (Å²) in [7, 11) is 0. The molecule has 2 saturated carbocycles. The molecule has 0 aromatic heterocycles. The van der Waals surface area contributed by atoms with Gasteiger partial charge in [-0.15, -0.1) is 0 Å². The molecule has 0 amide bonds. The van der Waals surface area contributed by atoms with Gasteiger partial charge >= 0.3 is 0 Å². The number of Topliss-reactive ketones (excluding diaryl/α,β-unsaturated/α-hetero) is 2. The highest BCUT2D eigenvalue weighted by molar-refractivity contribution is 6.30. The van der Waals surface area contributed by atoms with E-state index in [-0.39, 0.29) is 11.6 Å². The van der Waals surface area contributed by atoms with Crippen LogP contribution in [0.2, 0.25) is 5.02 Å². The molecule has 5 rings (SSSR count). The van der Waals surface area contributed by atoms with E-state index in [0.29, 0.717) is 5.02 Å². The summed E-state index contributed by atoms with van der Waals surface area (Å²) in [5.74, 6) is -0.357. The molecule has 0 spiro atoms. The predicted octanol–water partition coefficient (Wildman–Crippen LogP) is 3.57. The SMILES string of the molecule is CC12OC1C(=O)[C@]1(C)[C@@H](C2=O)C1(c1ccccc1)c1cccc(Cl)c1. The average molecular weight is 353 g/mol. The van der Waals surface area contributed by atoms with Crippen molar-refractivity contribution in [3.05, 3.63) is 70.7 Å². The highest BCUT2D eigenvalue weighted by atomic mass is 35.5. The third-order valence-electron chi connectivity index (χ3n) is 6.56. The van der Waals surface area contributed by atoms with Crippen molar-refractivity contribution in [2.45, 2.75) is 31.0 Å². The van der Waals surface area contributed by atoms with Crippen molar-refractivity contribution in [3.63, 3.8) is 0 Å². The van der Waals surface area contributed by atoms with Crippen LogP contribution in [-0.2, 0) is 19.7 Å². The monoisotopic (exact) mass is 352 g/mol. The first kappa shape index (κ1) is 15.3. The molecule has 1 saturated heterocycles. The van der Waals surface area contributed by atoms with Gasteiger partial charge in [-0.1, -0.05) is 61.0 Å². The van der Waals surface area contributed by atoms with Crippen LogP contribution in [0.3, 0.4) is 0 Å². The number of fused-ring (bicyclic) bond motifs is 2. The van der Waals surface area contributed by atoms with Crippen LogP contribution in [0, 0.1) is 11.3 Å². The van der Waals surface area contributed by atoms with Crippen molar-refractivity contribution in [2.75, 3.05) is 0 Å². The number of ketones is 2. The van der Waals surface area contributed by atoms with Gasteiger partial charge in [0.2, 0.25) is 0 Å². The fourth-order valence-corrected chi connectivity index (χ4v) is 5.40. The van der Waals surface area contributed by atoms with Gasteiger partial charge in [-0.3, -0.25) is 9.59 Å². The maximum Gasteiger partial charge on any atom is 0.172 e. The highest BCUT2D eigenvalue weighted by Crippen LogP contribution is 2.78. The first-order chi connectivity index (χ1) is 11.9. The van der Waals surface area contributed by atoms with Gasteiger partial charge in [-0.25, -0.2) is 0 Å². The van der Waals surface area contributed by atoms with Crippen molar-refractivity contribution in [2.24, 2.45) is 11.3 Å². The minimum absolute atomic E-state index is 0.0310. The Hall–Kier alpha value is -1.97. The maximum absolute atomic E-state index is 13.2. The number of ether oxygens (including phenoxy) is 1. The van der Waals surface area contributed by atoms with Crippen LogP contribution in [0.15, 0.2) is 54.6 Å². The molecule has 2 aromatic carbocycles. The molecule has 3 aliphatic rings. The van der Waals surface area contributed by atoms with Crippen LogP contribution in [0.5, 0.6) is 0 Å². The Morgan fingerprint density at radius 2 is 1.60 bits per heavy atom. The van der Waals surface area contributed by atoms with Crippen LogP contribution in [-0.4, -0.2) is 23.3 Å². The van der Waals surface area contributed by atoms with Gasteiger partial charge in [0.05, 0.1) is 5.41 Å². The third kappa shape index (κ3) is 1.53. The molecule has 0 radical (unpaired) electrons. The van der Waals surface area contributed by atoms with Gasteiger partial charge in [0, 0.05) is 16.4 Å². The van der Waals surface area contributed by atoms with Crippen molar-refractivity contribution in [1.82, 2.24) is 0 Å². The lowest BCUT2D eigenvalue weighted by molar-refractivity contribution is -0.132. The van der Waals surface area contributed by atoms with E-state index in [9.17, 15) is 9.59 Å². The molecule has 2 aliphatic carbocycles. The number of halogens is 1. The molecule has 3 fully saturated rings. The van der Waals surface area contributed by atoms with E-state index in [1.165, 1.54) is 0 Å². The lowest BCUT2D eigenvalue weighted by Crippen LogP contribution is -2.39. The fraction of sp³-hybridized carbons (Fsp3) is 0.333. The van der Waals surface area contributed by atoms with E-state index in [1.54, 1.807) is 6.92 Å². The summed E-state index contributed by atoms with van der Waals surface area (Å²) < 4.78 is 5.52. The zero-order valence-electron chi connectivity index (χ0n) is 14.0. The van der Waals surface area contributed by atoms with Crippen LogP contribution in [0.1, 0.15) is 25.0 Å². The molecule has 126 valence electrons. The van der Waals surface area contributed by atoms with Gasteiger partial charge < -0.3 is 4.74 Å². The number of hydrogen-bond donors (Lipinski definition) is 0. The van der Waals surface area contributed by atoms with Crippen molar-refractivity contribution < 1.29 is 14.3 Å². The Labute approximate surface area is 150 Å². The highest BCUT2D eigenvalue weighted by Gasteiger charge is 2.90. The minimum atomic E-state index is -0.948. The summed E-state index contributed by atoms with van der Waals surface area (Å²) in [5.41, 5.74) is -0.512. The second kappa shape index (κ2) is 4.40. The third-order valence-corrected chi connectivity index (χ3v) is 6.80. The molecule has 3 nitrogen and oxygen atoms in total. The Balaban J connectivity index is 1.80. The van der Waals surface area contributed by atoms with Gasteiger partial charge in [0.1, 0.15) is 0 Å². The van der Waals surface area contributed by atoms with Gasteiger partial charge in [-0.05, 0) is 30.2 Å². The zero-order chi connectivity index (χ0) is 17.6. The lowest BCUT2D eigenvalue weighted by atomic mass is 9.78. The molecular weight excluding hydrogens is 336 g/mol. The smallest absolute Gasteiger partial charge is 0.172 e. The summed E-state index contributed by atoms with van der Waals surface area (Å²) in [6.07, 6.45) is -0.606. The minimum Gasteiger partial charge on any atom is -0.350 e. The first-order valence-electron chi connectivity index (χ1n) is 8.46. The summed E-state index contributed by atoms with van der Waals surface area (Å²) in [6, 6.07) is 17.4. The molecule has 25 heavy (non-hydrogen) atoms. The van der Waals surface area contributed by atoms with Crippen molar-refractivity contribution in [1.29, 1.82) is 0 Å². The number of hydrogen-bond acceptors (Lipinski definition) is 3. The number of rotatable bonds is 2. The Morgan fingerprint density at radius 1 is 0.920 bits per heavy atom. The Morgan fingerprint density at radius 3 is 2.28 bits per heavy atom. The number of carbonyl (C=O) groups is 2. The molecule has 0 bridgehead atoms. The zero-order valence-corrected chi connectivity index (χ0v) is 14.7. The summed E-state index contributed by atoms with van der Waals surface area (Å²) in [5, 5.41) is 0.604. The maximum atomic E-state index is 13.2. The van der Waals surface area contributed by atoms with E-state index >= 15 is 0 Å². The molecule has 1 heterocycles. The van der Waals surface area contributed by atoms with Crippen molar-refractivity contribution >= 4 is 23.2 Å². The Bertz CT molecular complexity index is 937. The molecule has 3 unspecified atom stereocenters. The molecule has 2 aromatic rings. The second-order valence-corrected chi connectivity index (χ2v) is 8.09. The predicted molar refractivity (Wildman–Crippen MR) is 93.6 cm³/mol. The number of carbonyl (C=O) groups excluding carboxylic acids is 2. The summed E-state index contributed by atoms with van der Waals surface area (Å²) in [4.78, 5) is 26.4. The molecule has 5 atom stereocenters. The van der Waals surface area contributed by atoms with Gasteiger partial charge in [0.15, 0.2) is 23.3 Å². The van der Waals surface area contributed by atoms with Crippen LogP contribution < -0.4 is 0 Å². The summed E-state index contributed by atoms with van der Waals surface area (Å²) in [6.45, 7) is 3.65. The normalized spacial score (nSPS) is 41.1. The quantitative estimate of drug-likeness (QED) is 0.776. The van der Waals surface area contributed by atoms with Crippen LogP contribution in [0.25, 0.3) is 0 Å². The van der Waals surface area contributed by atoms with E-state index < -0.39 is 28.5 Å². The van der Waals surface area contributed by atoms with Crippen LogP contribution in [0.4, 0.5) is 0 Å². The average Bonchev–Trinajstić information content (AvgIpc) is 3.46. The summed E-state index contributed by atoms with van der Waals surface area (Å²) >= 11 is 6.25. The Kier molecular flexibility index (Phi) is 2.70. The molecular formula is C21H17ClO3. The molecule has 4 heteroatoms. The first-order valence-corrected chi connectivity index (χ1v) is 8.84. The number of benzene rings is 2. The van der Waals surface area contributed by atoms with E-state index in [4.69, 9.17) is 16.3 Å². The largest absolute Gasteiger partial charge is 0.350 e. The standard InChI is InChI=1S/C21H17ClO3/c1-19-15(16(23)20(2)18(25-20)17(19)24)21(19,12-7-4-3-5-8-12)13-9-6-10-14(22)11-13/h3-11,15,18H,1-2H3/t15-,18?,19+,20?,21?/m1/s1. The van der Waals surface area contributed by atoms with Gasteiger partial charge in [-0.2, -0.15) is 0 Å². The van der Waals surface area contributed by atoms with E-state index in [0.717, 1.165) is 11.1 Å². The topological polar surface area (TPSA) is 46.7 Å². The lowest BCUT2D eigenvalue weighted by Gasteiger charge is -2.23. The number of epoxide rings is 1. The molecule has 1 aliphatic heterocycles.